The van der Waals surface area contributed by atoms with Gasteiger partial charge in [-0.1, -0.05) is 25.0 Å². The van der Waals surface area contributed by atoms with Gasteiger partial charge < -0.3 is 15.6 Å². The summed E-state index contributed by atoms with van der Waals surface area (Å²) in [5.41, 5.74) is 8.13. The number of hydrogen-bond acceptors (Lipinski definition) is 3. The molecule has 5 nitrogen and oxygen atoms in total. The number of amides is 1. The number of para-hydroxylation sites is 2. The third-order valence-corrected chi connectivity index (χ3v) is 5.40. The van der Waals surface area contributed by atoms with Crippen LogP contribution in [0.3, 0.4) is 0 Å². The first-order chi connectivity index (χ1) is 11.9. The van der Waals surface area contributed by atoms with Crippen LogP contribution >= 0.6 is 0 Å². The van der Waals surface area contributed by atoms with Gasteiger partial charge in [-0.15, -0.1) is 0 Å². The SMILES string of the molecule is CC(C)n1c(CCNC(=O)C2CCCCC2(C)N)nc2ccccc21. The van der Waals surface area contributed by atoms with Crippen molar-refractivity contribution in [2.24, 2.45) is 11.7 Å². The van der Waals surface area contributed by atoms with E-state index >= 15 is 0 Å². The summed E-state index contributed by atoms with van der Waals surface area (Å²) in [7, 11) is 0. The van der Waals surface area contributed by atoms with Gasteiger partial charge in [0.1, 0.15) is 5.82 Å². The van der Waals surface area contributed by atoms with Crippen molar-refractivity contribution >= 4 is 16.9 Å². The Balaban J connectivity index is 1.67. The van der Waals surface area contributed by atoms with Gasteiger partial charge in [0.05, 0.1) is 17.0 Å². The average molecular weight is 342 g/mol. The summed E-state index contributed by atoms with van der Waals surface area (Å²) in [6, 6.07) is 8.53. The highest BCUT2D eigenvalue weighted by atomic mass is 16.1. The number of nitrogens with one attached hydrogen (secondary N) is 1. The number of nitrogens with zero attached hydrogens (tertiary/aromatic N) is 2. The van der Waals surface area contributed by atoms with E-state index in [0.29, 0.717) is 12.6 Å². The highest BCUT2D eigenvalue weighted by Gasteiger charge is 2.37. The van der Waals surface area contributed by atoms with Gasteiger partial charge in [0, 0.05) is 24.5 Å². The molecule has 1 amide bonds. The number of nitrogens with two attached hydrogens (primary N) is 1. The number of carbonyl (C=O) groups is 1. The summed E-state index contributed by atoms with van der Waals surface area (Å²) < 4.78 is 2.26. The fourth-order valence-corrected chi connectivity index (χ4v) is 4.06. The molecule has 2 aromatic rings. The standard InChI is InChI=1S/C20H30N4O/c1-14(2)24-17-10-5-4-9-16(17)23-18(24)11-13-22-19(25)15-8-6-7-12-20(15,3)21/h4-5,9-10,14-15H,6-8,11-13,21H2,1-3H3,(H,22,25). The van der Waals surface area contributed by atoms with Crippen LogP contribution in [-0.2, 0) is 11.2 Å². The van der Waals surface area contributed by atoms with Crippen molar-refractivity contribution < 1.29 is 4.79 Å². The summed E-state index contributed by atoms with van der Waals surface area (Å²) >= 11 is 0. The van der Waals surface area contributed by atoms with E-state index in [9.17, 15) is 4.79 Å². The predicted octanol–water partition coefficient (Wildman–Crippen LogP) is 3.18. The van der Waals surface area contributed by atoms with Crippen LogP contribution in [0.1, 0.15) is 58.3 Å². The molecule has 1 aromatic heterocycles. The average Bonchev–Trinajstić information content (AvgIpc) is 2.92. The van der Waals surface area contributed by atoms with Crippen molar-refractivity contribution in [3.05, 3.63) is 30.1 Å². The van der Waals surface area contributed by atoms with Crippen molar-refractivity contribution in [3.63, 3.8) is 0 Å². The zero-order chi connectivity index (χ0) is 18.0. The van der Waals surface area contributed by atoms with Gasteiger partial charge in [-0.25, -0.2) is 4.98 Å². The summed E-state index contributed by atoms with van der Waals surface area (Å²) in [6.45, 7) is 6.94. The van der Waals surface area contributed by atoms with E-state index in [1.165, 1.54) is 0 Å². The number of fused-ring (bicyclic) bond motifs is 1. The molecule has 3 N–H and O–H groups in total. The molecule has 0 spiro atoms. The summed E-state index contributed by atoms with van der Waals surface area (Å²) in [6.07, 6.45) is 4.76. The molecule has 2 atom stereocenters. The van der Waals surface area contributed by atoms with E-state index in [-0.39, 0.29) is 17.4 Å². The first-order valence-corrected chi connectivity index (χ1v) is 9.42. The zero-order valence-electron chi connectivity index (χ0n) is 15.6. The molecular weight excluding hydrogens is 312 g/mol. The van der Waals surface area contributed by atoms with Crippen molar-refractivity contribution in [2.75, 3.05) is 6.54 Å². The van der Waals surface area contributed by atoms with Crippen LogP contribution in [0.15, 0.2) is 24.3 Å². The van der Waals surface area contributed by atoms with Crippen LogP contribution in [0.4, 0.5) is 0 Å². The van der Waals surface area contributed by atoms with E-state index in [0.717, 1.165) is 49.0 Å². The molecule has 0 saturated heterocycles. The number of aromatic nitrogens is 2. The van der Waals surface area contributed by atoms with Crippen LogP contribution in [-0.4, -0.2) is 27.5 Å². The van der Waals surface area contributed by atoms with Gasteiger partial charge in [-0.3, -0.25) is 4.79 Å². The van der Waals surface area contributed by atoms with E-state index in [2.05, 4.69) is 29.8 Å². The second kappa shape index (κ2) is 7.16. The lowest BCUT2D eigenvalue weighted by Gasteiger charge is -2.37. The van der Waals surface area contributed by atoms with Crippen LogP contribution in [0, 0.1) is 5.92 Å². The second-order valence-electron chi connectivity index (χ2n) is 7.83. The lowest BCUT2D eigenvalue weighted by molar-refractivity contribution is -0.128. The minimum atomic E-state index is -0.382. The van der Waals surface area contributed by atoms with Gasteiger partial charge >= 0.3 is 0 Å². The van der Waals surface area contributed by atoms with Gasteiger partial charge in [0.15, 0.2) is 0 Å². The van der Waals surface area contributed by atoms with Crippen LogP contribution in [0.25, 0.3) is 11.0 Å². The maximum absolute atomic E-state index is 12.6. The lowest BCUT2D eigenvalue weighted by Crippen LogP contribution is -2.53. The monoisotopic (exact) mass is 342 g/mol. The molecule has 1 fully saturated rings. The number of imidazole rings is 1. The Labute approximate surface area is 150 Å². The van der Waals surface area contributed by atoms with E-state index < -0.39 is 0 Å². The first-order valence-electron chi connectivity index (χ1n) is 9.42. The molecular formula is C20H30N4O. The third kappa shape index (κ3) is 3.71. The Kier molecular flexibility index (Phi) is 5.13. The van der Waals surface area contributed by atoms with E-state index in [1.807, 2.05) is 25.1 Å². The van der Waals surface area contributed by atoms with E-state index in [4.69, 9.17) is 10.7 Å². The van der Waals surface area contributed by atoms with E-state index in [1.54, 1.807) is 0 Å². The molecule has 1 aliphatic rings. The highest BCUT2D eigenvalue weighted by molar-refractivity contribution is 5.80. The Morgan fingerprint density at radius 2 is 2.16 bits per heavy atom. The second-order valence-corrected chi connectivity index (χ2v) is 7.83. The third-order valence-electron chi connectivity index (χ3n) is 5.40. The highest BCUT2D eigenvalue weighted by Crippen LogP contribution is 2.31. The number of rotatable bonds is 5. The molecule has 0 aliphatic heterocycles. The molecule has 136 valence electrons. The van der Waals surface area contributed by atoms with Crippen molar-refractivity contribution in [3.8, 4) is 0 Å². The van der Waals surface area contributed by atoms with Crippen molar-refractivity contribution in [2.45, 2.75) is 64.5 Å². The molecule has 0 bridgehead atoms. The molecule has 1 saturated carbocycles. The fourth-order valence-electron chi connectivity index (χ4n) is 4.06. The smallest absolute Gasteiger partial charge is 0.224 e. The van der Waals surface area contributed by atoms with Gasteiger partial charge in [-0.05, 0) is 45.7 Å². The van der Waals surface area contributed by atoms with Crippen molar-refractivity contribution in [1.82, 2.24) is 14.9 Å². The molecule has 0 radical (unpaired) electrons. The summed E-state index contributed by atoms with van der Waals surface area (Å²) in [4.78, 5) is 17.3. The Morgan fingerprint density at radius 1 is 1.40 bits per heavy atom. The molecule has 2 unspecified atom stereocenters. The van der Waals surface area contributed by atoms with Crippen LogP contribution in [0.2, 0.25) is 0 Å². The summed E-state index contributed by atoms with van der Waals surface area (Å²) in [5.74, 6) is 1.04. The topological polar surface area (TPSA) is 72.9 Å². The fraction of sp³-hybridized carbons (Fsp3) is 0.600. The maximum atomic E-state index is 12.6. The Morgan fingerprint density at radius 3 is 2.88 bits per heavy atom. The summed E-state index contributed by atoms with van der Waals surface area (Å²) in [5, 5.41) is 3.09. The minimum absolute atomic E-state index is 0.0786. The van der Waals surface area contributed by atoms with Crippen molar-refractivity contribution in [1.29, 1.82) is 0 Å². The van der Waals surface area contributed by atoms with Gasteiger partial charge in [0.2, 0.25) is 5.91 Å². The molecule has 1 heterocycles. The zero-order valence-corrected chi connectivity index (χ0v) is 15.6. The first kappa shape index (κ1) is 17.9. The normalized spacial score (nSPS) is 24.0. The number of benzene rings is 1. The quantitative estimate of drug-likeness (QED) is 0.876. The van der Waals surface area contributed by atoms with Crippen LogP contribution in [0.5, 0.6) is 0 Å². The van der Waals surface area contributed by atoms with Gasteiger partial charge in [0.25, 0.3) is 0 Å². The molecule has 5 heteroatoms. The van der Waals surface area contributed by atoms with Gasteiger partial charge in [-0.2, -0.15) is 0 Å². The minimum Gasteiger partial charge on any atom is -0.355 e. The maximum Gasteiger partial charge on any atom is 0.224 e. The predicted molar refractivity (Wildman–Crippen MR) is 101 cm³/mol. The lowest BCUT2D eigenvalue weighted by atomic mass is 9.74. The largest absolute Gasteiger partial charge is 0.355 e. The molecule has 1 aliphatic carbocycles. The molecule has 1 aromatic carbocycles. The Bertz CT molecular complexity index is 747. The molecule has 3 rings (SSSR count). The Hall–Kier alpha value is -1.88. The number of carbonyl (C=O) groups excluding carboxylic acids is 1. The molecule has 25 heavy (non-hydrogen) atoms. The number of hydrogen-bond donors (Lipinski definition) is 2. The van der Waals surface area contributed by atoms with Crippen LogP contribution < -0.4 is 11.1 Å².